The highest BCUT2D eigenvalue weighted by atomic mass is 32.2. The second-order valence-corrected chi connectivity index (χ2v) is 11.9. The molecule has 1 heterocycles. The molecule has 0 spiro atoms. The maximum Gasteiger partial charge on any atom is 0.333 e. The number of thioether (sulfide) groups is 1. The molecule has 1 N–H and O–H groups in total. The lowest BCUT2D eigenvalue weighted by Crippen LogP contribution is -2.52. The van der Waals surface area contributed by atoms with Crippen molar-refractivity contribution in [3.63, 3.8) is 0 Å². The van der Waals surface area contributed by atoms with E-state index in [0.29, 0.717) is 24.8 Å². The van der Waals surface area contributed by atoms with E-state index in [4.69, 9.17) is 4.99 Å². The Hall–Kier alpha value is -2.38. The van der Waals surface area contributed by atoms with Crippen LogP contribution in [0.4, 0.5) is 4.39 Å². The molecule has 2 aromatic rings. The summed E-state index contributed by atoms with van der Waals surface area (Å²) >= 11 is 1.68. The van der Waals surface area contributed by atoms with Crippen molar-refractivity contribution in [2.75, 3.05) is 26.1 Å². The predicted octanol–water partition coefficient (Wildman–Crippen LogP) is 6.11. The number of carboxylic acid groups (broad SMARTS) is 1. The van der Waals surface area contributed by atoms with E-state index < -0.39 is 11.5 Å². The van der Waals surface area contributed by atoms with Crippen molar-refractivity contribution >= 4 is 24.1 Å². The molecule has 3 unspecified atom stereocenters. The van der Waals surface area contributed by atoms with Gasteiger partial charge in [-0.15, -0.1) is 0 Å². The van der Waals surface area contributed by atoms with Gasteiger partial charge in [-0.2, -0.15) is 11.8 Å². The molecule has 1 aliphatic carbocycles. The van der Waals surface area contributed by atoms with E-state index in [9.17, 15) is 14.3 Å². The van der Waals surface area contributed by atoms with Gasteiger partial charge in [0, 0.05) is 12.6 Å². The lowest BCUT2D eigenvalue weighted by atomic mass is 9.72. The fourth-order valence-electron chi connectivity index (χ4n) is 6.39. The van der Waals surface area contributed by atoms with E-state index in [2.05, 4.69) is 36.0 Å². The van der Waals surface area contributed by atoms with Crippen molar-refractivity contribution in [3.05, 3.63) is 71.5 Å². The third-order valence-electron chi connectivity index (χ3n) is 8.32. The van der Waals surface area contributed by atoms with Gasteiger partial charge in [0.05, 0.1) is 12.4 Å². The summed E-state index contributed by atoms with van der Waals surface area (Å²) in [6.45, 7) is 0.673. The molecule has 0 saturated heterocycles. The van der Waals surface area contributed by atoms with Crippen LogP contribution in [-0.2, 0) is 11.3 Å². The number of halogens is 1. The van der Waals surface area contributed by atoms with E-state index >= 15 is 0 Å². The second kappa shape index (κ2) is 12.4. The molecule has 5 nitrogen and oxygen atoms in total. The monoisotopic (exact) mass is 525 g/mol. The second-order valence-electron chi connectivity index (χ2n) is 10.9. The van der Waals surface area contributed by atoms with Gasteiger partial charge in [-0.1, -0.05) is 55.3 Å². The van der Waals surface area contributed by atoms with Crippen LogP contribution in [0, 0.1) is 17.7 Å². The molecule has 2 aromatic carbocycles. The van der Waals surface area contributed by atoms with Gasteiger partial charge in [0.25, 0.3) is 0 Å². The first kappa shape index (κ1) is 27.6. The van der Waals surface area contributed by atoms with Gasteiger partial charge in [0.2, 0.25) is 0 Å². The summed E-state index contributed by atoms with van der Waals surface area (Å²) in [4.78, 5) is 21.8. The van der Waals surface area contributed by atoms with E-state index in [1.165, 1.54) is 5.56 Å². The van der Waals surface area contributed by atoms with Gasteiger partial charge in [-0.3, -0.25) is 4.99 Å². The first-order valence-electron chi connectivity index (χ1n) is 13.3. The number of rotatable bonds is 11. The van der Waals surface area contributed by atoms with E-state index in [1.54, 1.807) is 30.2 Å². The Morgan fingerprint density at radius 3 is 2.41 bits per heavy atom. The minimum absolute atomic E-state index is 0.152. The lowest BCUT2D eigenvalue weighted by molar-refractivity contribution is -0.145. The average molecular weight is 526 g/mol. The molecule has 37 heavy (non-hydrogen) atoms. The van der Waals surface area contributed by atoms with Crippen LogP contribution in [0.2, 0.25) is 0 Å². The maximum atomic E-state index is 13.5. The summed E-state index contributed by atoms with van der Waals surface area (Å²) in [6, 6.07) is 17.3. The Bertz CT molecular complexity index is 1040. The van der Waals surface area contributed by atoms with Crippen LogP contribution in [0.3, 0.4) is 0 Å². The molecule has 0 aromatic heterocycles. The normalized spacial score (nSPS) is 26.5. The first-order chi connectivity index (χ1) is 17.8. The Labute approximate surface area is 225 Å². The highest BCUT2D eigenvalue weighted by Gasteiger charge is 2.51. The largest absolute Gasteiger partial charge is 0.479 e. The first-order valence-corrected chi connectivity index (χ1v) is 14.7. The van der Waals surface area contributed by atoms with Gasteiger partial charge in [-0.05, 0) is 86.9 Å². The van der Waals surface area contributed by atoms with E-state index in [1.807, 2.05) is 36.6 Å². The van der Waals surface area contributed by atoms with Gasteiger partial charge in [0.15, 0.2) is 5.54 Å². The number of carbonyl (C=O) groups is 1. The number of aliphatic carboxylic acids is 1. The third-order valence-corrected chi connectivity index (χ3v) is 8.93. The zero-order chi connectivity index (χ0) is 26.4. The minimum Gasteiger partial charge on any atom is -0.479 e. The van der Waals surface area contributed by atoms with Crippen LogP contribution in [0.25, 0.3) is 0 Å². The van der Waals surface area contributed by atoms with Crippen LogP contribution in [-0.4, -0.2) is 64.9 Å². The maximum absolute atomic E-state index is 13.5. The van der Waals surface area contributed by atoms with Crippen LogP contribution in [0.15, 0.2) is 59.6 Å². The summed E-state index contributed by atoms with van der Waals surface area (Å²) in [6.07, 6.45) is 9.52. The molecule has 200 valence electrons. The molecule has 4 rings (SSSR count). The number of benzene rings is 2. The highest BCUT2D eigenvalue weighted by molar-refractivity contribution is 7.98. The van der Waals surface area contributed by atoms with Crippen LogP contribution in [0.1, 0.15) is 55.7 Å². The standard InChI is InChI=1S/C30H40FN3O2S/c1-33(2)28(25-13-15-26(31)16-14-25)24-11-9-22(10-12-24)19-27-30(29(35)36,17-18-37-3)32-21-34(27)20-23-7-5-4-6-8-23/h4-8,13-16,21-22,24,27-28H,9-12,17-20H2,1-3H3,(H,35,36). The van der Waals surface area contributed by atoms with E-state index in [0.717, 1.165) is 43.4 Å². The molecule has 0 bridgehead atoms. The molecule has 0 amide bonds. The summed E-state index contributed by atoms with van der Waals surface area (Å²) in [5.41, 5.74) is 1.24. The summed E-state index contributed by atoms with van der Waals surface area (Å²) in [5, 5.41) is 10.4. The molecule has 0 radical (unpaired) electrons. The van der Waals surface area contributed by atoms with E-state index in [-0.39, 0.29) is 17.9 Å². The molecule has 1 saturated carbocycles. The predicted molar refractivity (Wildman–Crippen MR) is 151 cm³/mol. The van der Waals surface area contributed by atoms with Gasteiger partial charge >= 0.3 is 5.97 Å². The summed E-state index contributed by atoms with van der Waals surface area (Å²) in [7, 11) is 4.20. The number of hydrogen-bond acceptors (Lipinski definition) is 5. The smallest absolute Gasteiger partial charge is 0.333 e. The number of carboxylic acids is 1. The number of aliphatic imine (C=N–C) groups is 1. The molecular formula is C30H40FN3O2S. The van der Waals surface area contributed by atoms with Gasteiger partial charge < -0.3 is 14.9 Å². The van der Waals surface area contributed by atoms with Crippen LogP contribution >= 0.6 is 11.8 Å². The highest BCUT2D eigenvalue weighted by Crippen LogP contribution is 2.43. The quantitative estimate of drug-likeness (QED) is 0.383. The average Bonchev–Trinajstić information content (AvgIpc) is 3.23. The Balaban J connectivity index is 1.48. The molecule has 2 aliphatic rings. The number of nitrogens with zero attached hydrogens (tertiary/aromatic N) is 3. The molecule has 1 fully saturated rings. The molecular weight excluding hydrogens is 485 g/mol. The Morgan fingerprint density at radius 1 is 1.14 bits per heavy atom. The number of hydrogen-bond donors (Lipinski definition) is 1. The molecule has 7 heteroatoms. The van der Waals surface area contributed by atoms with Crippen molar-refractivity contribution in [2.24, 2.45) is 16.8 Å². The summed E-state index contributed by atoms with van der Waals surface area (Å²) in [5.74, 6) is 0.722. The molecule has 1 aliphatic heterocycles. The van der Waals surface area contributed by atoms with Crippen molar-refractivity contribution < 1.29 is 14.3 Å². The van der Waals surface area contributed by atoms with Crippen molar-refractivity contribution in [3.8, 4) is 0 Å². The fourth-order valence-corrected chi connectivity index (χ4v) is 6.91. The zero-order valence-corrected chi connectivity index (χ0v) is 23.0. The molecule has 3 atom stereocenters. The summed E-state index contributed by atoms with van der Waals surface area (Å²) < 4.78 is 13.5. The third kappa shape index (κ3) is 6.37. The van der Waals surface area contributed by atoms with Crippen molar-refractivity contribution in [2.45, 2.75) is 62.7 Å². The van der Waals surface area contributed by atoms with Crippen LogP contribution in [0.5, 0.6) is 0 Å². The Kier molecular flexibility index (Phi) is 9.30. The lowest BCUT2D eigenvalue weighted by Gasteiger charge is -2.41. The minimum atomic E-state index is -1.09. The SMILES string of the molecule is CSCCC1(C(=O)O)N=CN(Cc2ccccc2)C1CC1CCC(C(c2ccc(F)cc2)N(C)C)CC1. The van der Waals surface area contributed by atoms with Crippen molar-refractivity contribution in [1.29, 1.82) is 0 Å². The van der Waals surface area contributed by atoms with Gasteiger partial charge in [0.1, 0.15) is 5.82 Å². The van der Waals surface area contributed by atoms with Crippen LogP contribution < -0.4 is 0 Å². The van der Waals surface area contributed by atoms with Crippen molar-refractivity contribution in [1.82, 2.24) is 9.80 Å². The fraction of sp³-hybridized carbons (Fsp3) is 0.533. The zero-order valence-electron chi connectivity index (χ0n) is 22.2. The Morgan fingerprint density at radius 2 is 1.81 bits per heavy atom. The van der Waals surface area contributed by atoms with Gasteiger partial charge in [-0.25, -0.2) is 9.18 Å². The topological polar surface area (TPSA) is 56.1 Å².